The van der Waals surface area contributed by atoms with E-state index in [0.29, 0.717) is 0 Å². The summed E-state index contributed by atoms with van der Waals surface area (Å²) >= 11 is 0. The van der Waals surface area contributed by atoms with E-state index < -0.39 is 23.4 Å². The van der Waals surface area contributed by atoms with Gasteiger partial charge in [0.05, 0.1) is 12.2 Å². The molecule has 0 aliphatic heterocycles. The first-order chi connectivity index (χ1) is 10.5. The van der Waals surface area contributed by atoms with E-state index in [4.69, 9.17) is 4.74 Å². The van der Waals surface area contributed by atoms with Crippen LogP contribution in [0.2, 0.25) is 0 Å². The van der Waals surface area contributed by atoms with Crippen molar-refractivity contribution in [2.75, 3.05) is 6.61 Å². The van der Waals surface area contributed by atoms with Gasteiger partial charge in [-0.25, -0.2) is 13.6 Å². The van der Waals surface area contributed by atoms with E-state index >= 15 is 0 Å². The van der Waals surface area contributed by atoms with Gasteiger partial charge < -0.3 is 4.74 Å². The highest BCUT2D eigenvalue weighted by molar-refractivity contribution is 6.07. The minimum absolute atomic E-state index is 0.145. The number of ether oxygens (including phenoxy) is 1. The summed E-state index contributed by atoms with van der Waals surface area (Å²) in [4.78, 5) is 24.1. The zero-order chi connectivity index (χ0) is 16.1. The first-order valence-corrected chi connectivity index (χ1v) is 6.75. The summed E-state index contributed by atoms with van der Waals surface area (Å²) in [7, 11) is 0. The van der Waals surface area contributed by atoms with E-state index in [2.05, 4.69) is 0 Å². The number of benzene rings is 2. The number of rotatable bonds is 5. The third-order valence-corrected chi connectivity index (χ3v) is 3.01. The molecule has 0 aromatic heterocycles. The second-order valence-electron chi connectivity index (χ2n) is 4.64. The van der Waals surface area contributed by atoms with Gasteiger partial charge in [0.25, 0.3) is 0 Å². The molecule has 5 heteroatoms. The molecule has 0 saturated carbocycles. The quantitative estimate of drug-likeness (QED) is 0.626. The Labute approximate surface area is 126 Å². The number of hydrogen-bond donors (Lipinski definition) is 0. The van der Waals surface area contributed by atoms with Gasteiger partial charge in [-0.2, -0.15) is 0 Å². The van der Waals surface area contributed by atoms with Crippen LogP contribution in [0.1, 0.15) is 33.2 Å². The van der Waals surface area contributed by atoms with Crippen LogP contribution in [0.4, 0.5) is 8.78 Å². The van der Waals surface area contributed by atoms with Crippen molar-refractivity contribution in [1.29, 1.82) is 0 Å². The van der Waals surface area contributed by atoms with Gasteiger partial charge in [-0.15, -0.1) is 0 Å². The second-order valence-corrected chi connectivity index (χ2v) is 4.64. The highest BCUT2D eigenvalue weighted by Gasteiger charge is 2.18. The average molecular weight is 304 g/mol. The number of ketones is 1. The third kappa shape index (κ3) is 3.75. The number of Topliss-reactive ketones (excluding diaryl/α,β-unsaturated/α-hetero) is 1. The Kier molecular flexibility index (Phi) is 4.99. The summed E-state index contributed by atoms with van der Waals surface area (Å²) in [5.74, 6) is -2.51. The maximum absolute atomic E-state index is 13.2. The lowest BCUT2D eigenvalue weighted by Crippen LogP contribution is -2.13. The molecule has 0 N–H and O–H groups in total. The first-order valence-electron chi connectivity index (χ1n) is 6.75. The summed E-state index contributed by atoms with van der Waals surface area (Å²) in [6.07, 6.45) is -0.203. The fourth-order valence-electron chi connectivity index (χ4n) is 2.11. The molecule has 0 heterocycles. The Morgan fingerprint density at radius 3 is 2.18 bits per heavy atom. The molecule has 0 atom stereocenters. The molecule has 22 heavy (non-hydrogen) atoms. The molecule has 0 aliphatic carbocycles. The Morgan fingerprint density at radius 1 is 1.00 bits per heavy atom. The minimum Gasteiger partial charge on any atom is -0.462 e. The van der Waals surface area contributed by atoms with Crippen LogP contribution in [0.5, 0.6) is 0 Å². The highest BCUT2D eigenvalue weighted by Crippen LogP contribution is 2.16. The summed E-state index contributed by atoms with van der Waals surface area (Å²) in [6.45, 7) is 1.86. The van der Waals surface area contributed by atoms with Crippen LogP contribution < -0.4 is 0 Å². The first kappa shape index (κ1) is 15.8. The fourth-order valence-corrected chi connectivity index (χ4v) is 2.11. The van der Waals surface area contributed by atoms with E-state index in [1.54, 1.807) is 19.1 Å². The van der Waals surface area contributed by atoms with E-state index in [1.807, 2.05) is 0 Å². The van der Waals surface area contributed by atoms with Gasteiger partial charge >= 0.3 is 5.97 Å². The Morgan fingerprint density at radius 2 is 1.59 bits per heavy atom. The SMILES string of the molecule is CCOC(=O)c1ccccc1C(=O)Cc1cc(F)cc(F)c1. The molecule has 3 nitrogen and oxygen atoms in total. The lowest BCUT2D eigenvalue weighted by molar-refractivity contribution is 0.0523. The van der Waals surface area contributed by atoms with Crippen LogP contribution in [0.3, 0.4) is 0 Å². The molecular formula is C17H14F2O3. The van der Waals surface area contributed by atoms with Gasteiger partial charge in [0, 0.05) is 18.1 Å². The van der Waals surface area contributed by atoms with E-state index in [-0.39, 0.29) is 29.7 Å². The lowest BCUT2D eigenvalue weighted by atomic mass is 9.98. The summed E-state index contributed by atoms with van der Waals surface area (Å²) in [5, 5.41) is 0. The monoisotopic (exact) mass is 304 g/mol. The van der Waals surface area contributed by atoms with Crippen molar-refractivity contribution in [3.8, 4) is 0 Å². The topological polar surface area (TPSA) is 43.4 Å². The van der Waals surface area contributed by atoms with Crippen molar-refractivity contribution in [2.45, 2.75) is 13.3 Å². The molecule has 0 aliphatic rings. The van der Waals surface area contributed by atoms with E-state index in [0.717, 1.165) is 18.2 Å². The van der Waals surface area contributed by atoms with Gasteiger partial charge in [0.15, 0.2) is 5.78 Å². The number of halogens is 2. The molecule has 2 aromatic rings. The van der Waals surface area contributed by atoms with Gasteiger partial charge in [-0.1, -0.05) is 18.2 Å². The van der Waals surface area contributed by atoms with Crippen LogP contribution in [0, 0.1) is 11.6 Å². The molecule has 0 spiro atoms. The molecule has 0 radical (unpaired) electrons. The van der Waals surface area contributed by atoms with Gasteiger partial charge in [0.1, 0.15) is 11.6 Å². The maximum Gasteiger partial charge on any atom is 0.338 e. The van der Waals surface area contributed by atoms with Gasteiger partial charge in [0.2, 0.25) is 0 Å². The van der Waals surface area contributed by atoms with Gasteiger partial charge in [-0.3, -0.25) is 4.79 Å². The van der Waals surface area contributed by atoms with Crippen molar-refractivity contribution in [3.63, 3.8) is 0 Å². The Balaban J connectivity index is 2.28. The molecule has 114 valence electrons. The smallest absolute Gasteiger partial charge is 0.338 e. The van der Waals surface area contributed by atoms with Crippen molar-refractivity contribution >= 4 is 11.8 Å². The molecule has 0 saturated heterocycles. The standard InChI is InChI=1S/C17H14F2O3/c1-2-22-17(21)15-6-4-3-5-14(15)16(20)9-11-7-12(18)10-13(19)8-11/h3-8,10H,2,9H2,1H3. The molecule has 0 fully saturated rings. The fraction of sp³-hybridized carbons (Fsp3) is 0.176. The van der Waals surface area contributed by atoms with Crippen LogP contribution in [0.15, 0.2) is 42.5 Å². The van der Waals surface area contributed by atoms with Gasteiger partial charge in [-0.05, 0) is 30.7 Å². The van der Waals surface area contributed by atoms with Crippen molar-refractivity contribution in [1.82, 2.24) is 0 Å². The van der Waals surface area contributed by atoms with Crippen molar-refractivity contribution < 1.29 is 23.1 Å². The van der Waals surface area contributed by atoms with Crippen LogP contribution >= 0.6 is 0 Å². The number of carbonyl (C=O) groups is 2. The average Bonchev–Trinajstić information content (AvgIpc) is 2.46. The molecular weight excluding hydrogens is 290 g/mol. The summed E-state index contributed by atoms with van der Waals surface area (Å²) in [6, 6.07) is 9.12. The predicted molar refractivity (Wildman–Crippen MR) is 76.8 cm³/mol. The predicted octanol–water partition coefficient (Wildman–Crippen LogP) is 3.57. The van der Waals surface area contributed by atoms with Crippen molar-refractivity contribution in [2.24, 2.45) is 0 Å². The molecule has 2 rings (SSSR count). The maximum atomic E-state index is 13.2. The second kappa shape index (κ2) is 6.93. The molecule has 0 bridgehead atoms. The zero-order valence-electron chi connectivity index (χ0n) is 11.9. The van der Waals surface area contributed by atoms with Crippen LogP contribution in [-0.4, -0.2) is 18.4 Å². The molecule has 2 aromatic carbocycles. The Hall–Kier alpha value is -2.56. The summed E-state index contributed by atoms with van der Waals surface area (Å²) in [5.41, 5.74) is 0.526. The van der Waals surface area contributed by atoms with E-state index in [1.165, 1.54) is 12.1 Å². The third-order valence-electron chi connectivity index (χ3n) is 3.01. The van der Waals surface area contributed by atoms with Crippen LogP contribution in [0.25, 0.3) is 0 Å². The zero-order valence-corrected chi connectivity index (χ0v) is 11.9. The summed E-state index contributed by atoms with van der Waals surface area (Å²) < 4.78 is 31.2. The minimum atomic E-state index is -0.749. The van der Waals surface area contributed by atoms with Crippen molar-refractivity contribution in [3.05, 3.63) is 70.8 Å². The normalized spacial score (nSPS) is 10.3. The highest BCUT2D eigenvalue weighted by atomic mass is 19.1. The number of esters is 1. The number of hydrogen-bond acceptors (Lipinski definition) is 3. The van der Waals surface area contributed by atoms with E-state index in [9.17, 15) is 18.4 Å². The molecule has 0 amide bonds. The molecule has 0 unspecified atom stereocenters. The number of carbonyl (C=O) groups excluding carboxylic acids is 2. The lowest BCUT2D eigenvalue weighted by Gasteiger charge is -2.08. The largest absolute Gasteiger partial charge is 0.462 e. The van der Waals surface area contributed by atoms with Crippen LogP contribution in [-0.2, 0) is 11.2 Å². The Bertz CT molecular complexity index is 691.